The Morgan fingerprint density at radius 2 is 1.67 bits per heavy atom. The normalized spacial score (nSPS) is 6.67. The lowest BCUT2D eigenvalue weighted by Crippen LogP contribution is -1.49. The van der Waals surface area contributed by atoms with Crippen molar-refractivity contribution in [3.8, 4) is 11.6 Å². The maximum absolute atomic E-state index is 7.89. The average molecular weight is 98.0 g/mol. The molecule has 6 heavy (non-hydrogen) atoms. The summed E-state index contributed by atoms with van der Waals surface area (Å²) in [4.78, 5) is 0. The summed E-state index contributed by atoms with van der Waals surface area (Å²) < 4.78 is 0. The minimum atomic E-state index is -0.965. The molecule has 0 heterocycles. The highest BCUT2D eigenvalue weighted by atomic mass is 31.1. The zero-order valence-electron chi connectivity index (χ0n) is 3.34. The van der Waals surface area contributed by atoms with Crippen LogP contribution in [-0.2, 0) is 0 Å². The minimum Gasteiger partial charge on any atom is -0.192 e. The summed E-state index contributed by atoms with van der Waals surface area (Å²) in [5.41, 5.74) is 0. The third-order valence-corrected chi connectivity index (χ3v) is 0.900. The van der Waals surface area contributed by atoms with Crippen LogP contribution in [0.25, 0.3) is 0 Å². The van der Waals surface area contributed by atoms with Gasteiger partial charge in [-0.05, 0) is 6.66 Å². The van der Waals surface area contributed by atoms with E-state index in [1.165, 1.54) is 0 Å². The minimum absolute atomic E-state index is 0.965. The van der Waals surface area contributed by atoms with E-state index >= 15 is 0 Å². The van der Waals surface area contributed by atoms with E-state index in [9.17, 15) is 0 Å². The van der Waals surface area contributed by atoms with Crippen LogP contribution in [0.2, 0.25) is 0 Å². The fourth-order valence-electron chi connectivity index (χ4n) is 0.0224. The van der Waals surface area contributed by atoms with Crippen molar-refractivity contribution in [1.82, 2.24) is 0 Å². The molecule has 0 spiro atoms. The lowest BCUT2D eigenvalue weighted by molar-refractivity contribution is 1.55. The zero-order chi connectivity index (χ0) is 4.99. The molecule has 30 valence electrons. The number of nitrogens with zero attached hydrogens (tertiary/aromatic N) is 2. The zero-order valence-corrected chi connectivity index (χ0v) is 4.24. The average Bonchev–Trinajstić information content (AvgIpc) is 1.65. The highest BCUT2D eigenvalue weighted by molar-refractivity contribution is 7.66. The summed E-state index contributed by atoms with van der Waals surface area (Å²) in [5.74, 6) is 3.64. The van der Waals surface area contributed by atoms with Crippen molar-refractivity contribution in [2.24, 2.45) is 0 Å². The molecule has 0 saturated heterocycles. The van der Waals surface area contributed by atoms with Crippen molar-refractivity contribution in [3.05, 3.63) is 0 Å². The Morgan fingerprint density at radius 3 is 1.67 bits per heavy atom. The second kappa shape index (κ2) is 2.64. The van der Waals surface area contributed by atoms with Crippen molar-refractivity contribution in [2.75, 3.05) is 6.66 Å². The molecule has 0 radical (unpaired) electrons. The Kier molecular flexibility index (Phi) is 2.38. The van der Waals surface area contributed by atoms with Gasteiger partial charge in [0.2, 0.25) is 0 Å². The Hall–Kier alpha value is -0.590. The quantitative estimate of drug-likeness (QED) is 0.425. The van der Waals surface area contributed by atoms with Crippen LogP contribution in [-0.4, -0.2) is 6.66 Å². The van der Waals surface area contributed by atoms with E-state index in [4.69, 9.17) is 10.5 Å². The van der Waals surface area contributed by atoms with Gasteiger partial charge in [0.05, 0.1) is 0 Å². The van der Waals surface area contributed by atoms with Crippen LogP contribution in [0.5, 0.6) is 0 Å². The van der Waals surface area contributed by atoms with Crippen molar-refractivity contribution < 1.29 is 0 Å². The number of hydrogen-bond donors (Lipinski definition) is 0. The molecule has 0 aliphatic rings. The van der Waals surface area contributed by atoms with Crippen molar-refractivity contribution in [2.45, 2.75) is 0 Å². The van der Waals surface area contributed by atoms with E-state index in [-0.39, 0.29) is 0 Å². The molecular weight excluding hydrogens is 95.0 g/mol. The molecule has 0 bridgehead atoms. The lowest BCUT2D eigenvalue weighted by Gasteiger charge is -1.72. The Labute approximate surface area is 37.8 Å². The van der Waals surface area contributed by atoms with Gasteiger partial charge in [-0.1, -0.05) is 0 Å². The van der Waals surface area contributed by atoms with Gasteiger partial charge in [0, 0.05) is 0 Å². The molecule has 0 aliphatic heterocycles. The SMILES string of the molecule is CP(C#N)C#N. The highest BCUT2D eigenvalue weighted by Crippen LogP contribution is 2.23. The Morgan fingerprint density at radius 1 is 1.33 bits per heavy atom. The molecule has 0 aromatic heterocycles. The molecule has 3 heteroatoms. The summed E-state index contributed by atoms with van der Waals surface area (Å²) >= 11 is 0. The van der Waals surface area contributed by atoms with Gasteiger partial charge < -0.3 is 0 Å². The second-order valence-corrected chi connectivity index (χ2v) is 2.28. The van der Waals surface area contributed by atoms with Crippen LogP contribution in [0, 0.1) is 22.1 Å². The molecule has 0 aromatic rings. The van der Waals surface area contributed by atoms with E-state index in [0.29, 0.717) is 0 Å². The second-order valence-electron chi connectivity index (χ2n) is 0.759. The first-order chi connectivity index (χ1) is 2.81. The van der Waals surface area contributed by atoms with E-state index in [2.05, 4.69) is 0 Å². The van der Waals surface area contributed by atoms with E-state index in [1.54, 1.807) is 6.66 Å². The molecule has 2 nitrogen and oxygen atoms in total. The molecular formula is C3H3N2P. The molecule has 0 unspecified atom stereocenters. The van der Waals surface area contributed by atoms with Crippen LogP contribution >= 0.6 is 7.92 Å². The fourth-order valence-corrected chi connectivity index (χ4v) is 0.0671. The molecule has 0 aromatic carbocycles. The van der Waals surface area contributed by atoms with Crippen LogP contribution in [0.15, 0.2) is 0 Å². The topological polar surface area (TPSA) is 47.6 Å². The van der Waals surface area contributed by atoms with E-state index in [0.717, 1.165) is 0 Å². The molecule has 0 aliphatic carbocycles. The van der Waals surface area contributed by atoms with E-state index < -0.39 is 7.92 Å². The van der Waals surface area contributed by atoms with E-state index in [1.807, 2.05) is 11.6 Å². The van der Waals surface area contributed by atoms with Crippen molar-refractivity contribution in [3.63, 3.8) is 0 Å². The van der Waals surface area contributed by atoms with Crippen LogP contribution in [0.1, 0.15) is 0 Å². The maximum atomic E-state index is 7.89. The summed E-state index contributed by atoms with van der Waals surface area (Å²) in [7, 11) is -0.965. The van der Waals surface area contributed by atoms with Crippen LogP contribution in [0.3, 0.4) is 0 Å². The molecule has 0 rings (SSSR count). The van der Waals surface area contributed by atoms with Gasteiger partial charge in [0.15, 0.2) is 0 Å². The van der Waals surface area contributed by atoms with Gasteiger partial charge in [-0.25, -0.2) is 0 Å². The molecule has 0 saturated carbocycles. The maximum Gasteiger partial charge on any atom is 0.107 e. The Balaban J connectivity index is 3.40. The molecule has 0 fully saturated rings. The monoisotopic (exact) mass is 98.0 g/mol. The number of nitriles is 2. The summed E-state index contributed by atoms with van der Waals surface area (Å²) in [6.45, 7) is 1.62. The predicted molar refractivity (Wildman–Crippen MR) is 24.1 cm³/mol. The first-order valence-electron chi connectivity index (χ1n) is 1.34. The van der Waals surface area contributed by atoms with Crippen LogP contribution < -0.4 is 0 Å². The van der Waals surface area contributed by atoms with Gasteiger partial charge in [0.25, 0.3) is 0 Å². The molecule has 0 atom stereocenters. The van der Waals surface area contributed by atoms with Crippen LogP contribution in [0.4, 0.5) is 0 Å². The first-order valence-corrected chi connectivity index (χ1v) is 3.13. The van der Waals surface area contributed by atoms with Crippen molar-refractivity contribution >= 4 is 7.92 Å². The van der Waals surface area contributed by atoms with Gasteiger partial charge in [-0.3, -0.25) is 0 Å². The van der Waals surface area contributed by atoms with Gasteiger partial charge >= 0.3 is 0 Å². The standard InChI is InChI=1S/C3H3N2P/c1-6(2-4)3-5/h1H3. The largest absolute Gasteiger partial charge is 0.192 e. The van der Waals surface area contributed by atoms with Gasteiger partial charge in [-0.15, -0.1) is 0 Å². The molecule has 0 amide bonds. The summed E-state index contributed by atoms with van der Waals surface area (Å²) in [6, 6.07) is 0. The first kappa shape index (κ1) is 5.41. The predicted octanol–water partition coefficient (Wildman–Crippen LogP) is 1.06. The lowest BCUT2D eigenvalue weighted by atomic mass is 11.7. The number of rotatable bonds is 0. The summed E-state index contributed by atoms with van der Waals surface area (Å²) in [6.07, 6.45) is 0. The van der Waals surface area contributed by atoms with Gasteiger partial charge in [0.1, 0.15) is 19.5 Å². The fraction of sp³-hybridized carbons (Fsp3) is 0.333. The van der Waals surface area contributed by atoms with Gasteiger partial charge in [-0.2, -0.15) is 10.5 Å². The van der Waals surface area contributed by atoms with Crippen molar-refractivity contribution in [1.29, 1.82) is 10.5 Å². The summed E-state index contributed by atoms with van der Waals surface area (Å²) in [5, 5.41) is 15.8. The number of hydrogen-bond acceptors (Lipinski definition) is 2. The third kappa shape index (κ3) is 1.70. The smallest absolute Gasteiger partial charge is 0.107 e. The highest BCUT2D eigenvalue weighted by Gasteiger charge is 1.88. The molecule has 0 N–H and O–H groups in total. The Bertz CT molecular complexity index is 92.9. The third-order valence-electron chi connectivity index (χ3n) is 0.300.